The maximum atomic E-state index is 12.5. The Kier molecular flexibility index (Phi) is 6.52. The number of nitrogens with zero attached hydrogens (tertiary/aromatic N) is 3. The molecule has 6 nitrogen and oxygen atoms in total. The molecule has 1 N–H and O–H groups in total. The number of nitrogens with one attached hydrogen (secondary N) is 1. The summed E-state index contributed by atoms with van der Waals surface area (Å²) in [5, 5.41) is 3.52. The molecule has 161 valence electrons. The summed E-state index contributed by atoms with van der Waals surface area (Å²) in [6, 6.07) is 11.1. The van der Waals surface area contributed by atoms with Gasteiger partial charge in [-0.15, -0.1) is 0 Å². The molecule has 2 heterocycles. The van der Waals surface area contributed by atoms with Crippen molar-refractivity contribution in [3.63, 3.8) is 0 Å². The van der Waals surface area contributed by atoms with E-state index in [4.69, 9.17) is 11.6 Å². The molecule has 0 fully saturated rings. The second-order valence-corrected chi connectivity index (χ2v) is 12.6. The Bertz CT molecular complexity index is 1300. The van der Waals surface area contributed by atoms with E-state index >= 15 is 0 Å². The van der Waals surface area contributed by atoms with Crippen LogP contribution in [0.15, 0.2) is 58.7 Å². The van der Waals surface area contributed by atoms with E-state index in [1.165, 1.54) is 11.8 Å². The van der Waals surface area contributed by atoms with Crippen LogP contribution in [0, 0.1) is 5.41 Å². The first-order valence-electron chi connectivity index (χ1n) is 9.75. The number of thioether (sulfide) groups is 1. The molecule has 4 rings (SSSR count). The fourth-order valence-corrected chi connectivity index (χ4v) is 6.75. The Morgan fingerprint density at radius 2 is 1.84 bits per heavy atom. The minimum atomic E-state index is -0.609. The Morgan fingerprint density at radius 1 is 1.09 bits per heavy atom. The van der Waals surface area contributed by atoms with Crippen molar-refractivity contribution in [1.82, 2.24) is 9.97 Å². The standard InChI is InChI=1S/C23H19AsClN4O2S/c1-23(2,3)21(31)28-14-5-6-16(25)15(12-14)24-22-29-20(30)19(32-22)11-13-4-7-17-18(10-13)27-9-8-26-17/h4-12H,1-3H3,(H,28,31). The zero-order chi connectivity index (χ0) is 22.9. The van der Waals surface area contributed by atoms with Gasteiger partial charge in [-0.05, 0) is 0 Å². The van der Waals surface area contributed by atoms with Gasteiger partial charge in [0.05, 0.1) is 0 Å². The molecule has 2 amide bonds. The van der Waals surface area contributed by atoms with E-state index in [0.29, 0.717) is 15.6 Å². The molecule has 0 aliphatic carbocycles. The van der Waals surface area contributed by atoms with Gasteiger partial charge in [-0.25, -0.2) is 0 Å². The van der Waals surface area contributed by atoms with Crippen molar-refractivity contribution in [2.75, 3.05) is 5.32 Å². The third-order valence-electron chi connectivity index (χ3n) is 4.50. The molecule has 0 saturated carbocycles. The van der Waals surface area contributed by atoms with Gasteiger partial charge in [0, 0.05) is 0 Å². The third kappa shape index (κ3) is 5.29. The van der Waals surface area contributed by atoms with Crippen LogP contribution in [0.3, 0.4) is 0 Å². The molecule has 1 aromatic heterocycles. The first kappa shape index (κ1) is 22.7. The van der Waals surface area contributed by atoms with Gasteiger partial charge in [0.25, 0.3) is 0 Å². The Labute approximate surface area is 201 Å². The van der Waals surface area contributed by atoms with Crippen LogP contribution in [0.25, 0.3) is 17.1 Å². The number of benzene rings is 2. The zero-order valence-electron chi connectivity index (χ0n) is 17.6. The number of fused-ring (bicyclic) bond motifs is 1. The van der Waals surface area contributed by atoms with Gasteiger partial charge < -0.3 is 0 Å². The van der Waals surface area contributed by atoms with Crippen LogP contribution in [0.5, 0.6) is 0 Å². The van der Waals surface area contributed by atoms with Crippen LogP contribution in [-0.4, -0.2) is 41.4 Å². The summed E-state index contributed by atoms with van der Waals surface area (Å²) in [5.41, 5.74) is 2.62. The van der Waals surface area contributed by atoms with Crippen LogP contribution >= 0.6 is 23.4 Å². The molecule has 0 spiro atoms. The van der Waals surface area contributed by atoms with E-state index in [9.17, 15) is 9.59 Å². The Balaban J connectivity index is 1.50. The quantitative estimate of drug-likeness (QED) is 0.406. The molecule has 1 radical (unpaired) electrons. The van der Waals surface area contributed by atoms with Gasteiger partial charge >= 0.3 is 202 Å². The summed E-state index contributed by atoms with van der Waals surface area (Å²) in [7, 11) is 0. The van der Waals surface area contributed by atoms with Crippen molar-refractivity contribution in [3.8, 4) is 0 Å². The predicted molar refractivity (Wildman–Crippen MR) is 132 cm³/mol. The topological polar surface area (TPSA) is 84.3 Å². The summed E-state index contributed by atoms with van der Waals surface area (Å²) in [6.45, 7) is 5.57. The van der Waals surface area contributed by atoms with E-state index < -0.39 is 21.2 Å². The number of hydrogen-bond donors (Lipinski definition) is 1. The van der Waals surface area contributed by atoms with Crippen LogP contribution in [-0.2, 0) is 9.59 Å². The van der Waals surface area contributed by atoms with Crippen molar-refractivity contribution in [2.45, 2.75) is 20.8 Å². The summed E-state index contributed by atoms with van der Waals surface area (Å²) in [4.78, 5) is 38.1. The van der Waals surface area contributed by atoms with Crippen molar-refractivity contribution < 1.29 is 9.59 Å². The molecular weight excluding hydrogens is 507 g/mol. The van der Waals surface area contributed by atoms with Crippen molar-refractivity contribution >= 4 is 81.9 Å². The number of aliphatic imine (C=N–C) groups is 1. The van der Waals surface area contributed by atoms with Crippen LogP contribution in [0.1, 0.15) is 26.3 Å². The SMILES string of the molecule is CC(C)(C)C(=O)Nc1ccc(Cl)c([As]C2=NC(=O)C(=Cc3ccc4nccnc4c3)S2)c1. The number of anilines is 1. The van der Waals surface area contributed by atoms with Crippen LogP contribution in [0.2, 0.25) is 5.02 Å². The average molecular weight is 526 g/mol. The second kappa shape index (κ2) is 9.18. The number of aromatic nitrogens is 2. The molecule has 9 heteroatoms. The fourth-order valence-electron chi connectivity index (χ4n) is 2.77. The van der Waals surface area contributed by atoms with Gasteiger partial charge in [-0.3, -0.25) is 0 Å². The molecular formula is C23H19AsClN4O2S. The number of rotatable bonds is 4. The second-order valence-electron chi connectivity index (χ2n) is 8.10. The third-order valence-corrected chi connectivity index (χ3v) is 8.85. The van der Waals surface area contributed by atoms with Gasteiger partial charge in [-0.2, -0.15) is 0 Å². The molecule has 0 atom stereocenters. The van der Waals surface area contributed by atoms with Crippen molar-refractivity contribution in [2.24, 2.45) is 10.4 Å². The van der Waals surface area contributed by atoms with E-state index in [-0.39, 0.29) is 11.8 Å². The average Bonchev–Trinajstić information content (AvgIpc) is 3.08. The molecule has 0 saturated heterocycles. The van der Waals surface area contributed by atoms with E-state index in [2.05, 4.69) is 20.3 Å². The Morgan fingerprint density at radius 3 is 2.59 bits per heavy atom. The van der Waals surface area contributed by atoms with Crippen molar-refractivity contribution in [3.05, 3.63) is 64.3 Å². The predicted octanol–water partition coefficient (Wildman–Crippen LogP) is 4.27. The molecule has 3 aromatic rings. The first-order valence-corrected chi connectivity index (χ1v) is 12.8. The summed E-state index contributed by atoms with van der Waals surface area (Å²) >= 11 is 7.15. The number of carbonyl (C=O) groups is 2. The van der Waals surface area contributed by atoms with Gasteiger partial charge in [-0.1, -0.05) is 0 Å². The molecule has 2 aromatic carbocycles. The first-order chi connectivity index (χ1) is 15.2. The van der Waals surface area contributed by atoms with Crippen LogP contribution in [0.4, 0.5) is 5.69 Å². The molecule has 0 bridgehead atoms. The van der Waals surface area contributed by atoms with Gasteiger partial charge in [0.1, 0.15) is 0 Å². The number of hydrogen-bond acceptors (Lipinski definition) is 5. The monoisotopic (exact) mass is 525 g/mol. The maximum absolute atomic E-state index is 12.5. The number of halogens is 1. The summed E-state index contributed by atoms with van der Waals surface area (Å²) in [5.74, 6) is -0.331. The molecule has 32 heavy (non-hydrogen) atoms. The van der Waals surface area contributed by atoms with Crippen LogP contribution < -0.4 is 9.67 Å². The molecule has 0 unspecified atom stereocenters. The minimum absolute atomic E-state index is 0.0740. The Hall–Kier alpha value is -2.47. The van der Waals surface area contributed by atoms with E-state index in [0.717, 1.165) is 24.8 Å². The number of carbonyl (C=O) groups excluding carboxylic acids is 2. The summed E-state index contributed by atoms with van der Waals surface area (Å²) in [6.07, 6.45) is 5.11. The van der Waals surface area contributed by atoms with E-state index in [1.54, 1.807) is 24.5 Å². The fraction of sp³-hybridized carbons (Fsp3) is 0.174. The summed E-state index contributed by atoms with van der Waals surface area (Å²) < 4.78 is 1.63. The van der Waals surface area contributed by atoms with Crippen molar-refractivity contribution in [1.29, 1.82) is 0 Å². The van der Waals surface area contributed by atoms with Gasteiger partial charge in [0.2, 0.25) is 0 Å². The molecule has 1 aliphatic rings. The zero-order valence-corrected chi connectivity index (χ0v) is 21.0. The van der Waals surface area contributed by atoms with Gasteiger partial charge in [0.15, 0.2) is 0 Å². The number of amides is 2. The molecule has 1 aliphatic heterocycles. The van der Waals surface area contributed by atoms with E-state index in [1.807, 2.05) is 51.1 Å². The normalized spacial score (nSPS) is 15.7.